The topological polar surface area (TPSA) is 37.8 Å². The van der Waals surface area contributed by atoms with Crippen molar-refractivity contribution >= 4 is 28.3 Å². The molecule has 1 aromatic carbocycles. The van der Waals surface area contributed by atoms with E-state index in [9.17, 15) is 0 Å². The number of aromatic nitrogens is 2. The van der Waals surface area contributed by atoms with Crippen LogP contribution in [0.4, 0.5) is 5.13 Å². The number of hydrogen-bond donors (Lipinski definition) is 1. The zero-order valence-corrected chi connectivity index (χ0v) is 13.8. The highest BCUT2D eigenvalue weighted by Crippen LogP contribution is 2.30. The van der Waals surface area contributed by atoms with E-state index < -0.39 is 0 Å². The summed E-state index contributed by atoms with van der Waals surface area (Å²) >= 11 is 7.57. The number of hydrogen-bond acceptors (Lipinski definition) is 4. The molecule has 0 radical (unpaired) electrons. The maximum Gasteiger partial charge on any atom is 0.203 e. The van der Waals surface area contributed by atoms with Gasteiger partial charge in [-0.2, -0.15) is 4.37 Å². The lowest BCUT2D eigenvalue weighted by molar-refractivity contribution is 0.553. The third-order valence-corrected chi connectivity index (χ3v) is 4.32. The maximum absolute atomic E-state index is 6.18. The summed E-state index contributed by atoms with van der Waals surface area (Å²) in [6.07, 6.45) is 0. The lowest BCUT2D eigenvalue weighted by Gasteiger charge is -2.28. The largest absolute Gasteiger partial charge is 0.350 e. The van der Waals surface area contributed by atoms with Crippen molar-refractivity contribution in [2.24, 2.45) is 0 Å². The van der Waals surface area contributed by atoms with Crippen molar-refractivity contribution in [3.63, 3.8) is 0 Å². The van der Waals surface area contributed by atoms with Gasteiger partial charge in [0.2, 0.25) is 5.13 Å². The molecule has 20 heavy (non-hydrogen) atoms. The summed E-state index contributed by atoms with van der Waals surface area (Å²) in [6, 6.07) is 10.2. The first-order valence-corrected chi connectivity index (χ1v) is 7.90. The smallest absolute Gasteiger partial charge is 0.203 e. The van der Waals surface area contributed by atoms with Crippen molar-refractivity contribution in [3.05, 3.63) is 41.7 Å². The van der Waals surface area contributed by atoms with Gasteiger partial charge in [-0.3, -0.25) is 0 Å². The minimum absolute atomic E-state index is 0.0411. The maximum atomic E-state index is 6.18. The Kier molecular flexibility index (Phi) is 4.35. The molecule has 2 aromatic rings. The molecule has 0 aliphatic heterocycles. The fraction of sp³-hybridized carbons (Fsp3) is 0.467. The first-order chi connectivity index (χ1) is 9.35. The Morgan fingerprint density at radius 2 is 1.80 bits per heavy atom. The van der Waals surface area contributed by atoms with E-state index in [1.54, 1.807) is 0 Å². The molecule has 0 fully saturated rings. The average molecular weight is 310 g/mol. The molecule has 1 atom stereocenters. The van der Waals surface area contributed by atoms with Gasteiger partial charge >= 0.3 is 0 Å². The molecule has 0 saturated carbocycles. The van der Waals surface area contributed by atoms with Gasteiger partial charge in [0.15, 0.2) is 0 Å². The monoisotopic (exact) mass is 309 g/mol. The Hall–Kier alpha value is -1.13. The predicted octanol–water partition coefficient (Wildman–Crippen LogP) is 4.40. The molecule has 2 rings (SSSR count). The van der Waals surface area contributed by atoms with Gasteiger partial charge in [-0.15, -0.1) is 11.6 Å². The number of benzene rings is 1. The molecular weight excluding hydrogens is 290 g/mol. The van der Waals surface area contributed by atoms with Crippen LogP contribution in [0, 0.1) is 0 Å². The van der Waals surface area contributed by atoms with Crippen LogP contribution in [0.2, 0.25) is 0 Å². The Bertz CT molecular complexity index is 562. The number of nitrogens with one attached hydrogen (secondary N) is 1. The molecule has 1 unspecified atom stereocenters. The first-order valence-electron chi connectivity index (χ1n) is 6.59. The highest BCUT2D eigenvalue weighted by Gasteiger charge is 2.28. The minimum atomic E-state index is -0.350. The molecule has 0 bridgehead atoms. The van der Waals surface area contributed by atoms with Crippen molar-refractivity contribution in [1.29, 1.82) is 0 Å². The van der Waals surface area contributed by atoms with Gasteiger partial charge in [-0.05, 0) is 12.5 Å². The van der Waals surface area contributed by atoms with Gasteiger partial charge in [-0.1, -0.05) is 51.1 Å². The minimum Gasteiger partial charge on any atom is -0.350 e. The molecule has 0 spiro atoms. The molecule has 1 heterocycles. The van der Waals surface area contributed by atoms with Crippen LogP contribution in [0.25, 0.3) is 0 Å². The van der Waals surface area contributed by atoms with Gasteiger partial charge in [0, 0.05) is 22.8 Å². The van der Waals surface area contributed by atoms with E-state index in [0.29, 0.717) is 5.88 Å². The molecule has 0 saturated heterocycles. The summed E-state index contributed by atoms with van der Waals surface area (Å²) in [4.78, 5) is 4.58. The van der Waals surface area contributed by atoms with E-state index >= 15 is 0 Å². The predicted molar refractivity (Wildman–Crippen MR) is 86.7 cm³/mol. The van der Waals surface area contributed by atoms with E-state index in [-0.39, 0.29) is 11.0 Å². The van der Waals surface area contributed by atoms with Gasteiger partial charge in [0.1, 0.15) is 5.82 Å². The zero-order chi connectivity index (χ0) is 14.8. The fourth-order valence-electron chi connectivity index (χ4n) is 1.80. The molecule has 3 nitrogen and oxygen atoms in total. The third kappa shape index (κ3) is 3.30. The van der Waals surface area contributed by atoms with Crippen LogP contribution in [-0.4, -0.2) is 15.2 Å². The van der Waals surface area contributed by atoms with Crippen molar-refractivity contribution in [2.45, 2.75) is 38.6 Å². The summed E-state index contributed by atoms with van der Waals surface area (Å²) in [5.74, 6) is 1.32. The number of halogens is 1. The van der Waals surface area contributed by atoms with Crippen molar-refractivity contribution in [2.75, 3.05) is 11.2 Å². The SMILES string of the molecule is CC(C)(C)c1nsc(NC(C)(CCl)c2ccccc2)n1. The second kappa shape index (κ2) is 5.70. The third-order valence-electron chi connectivity index (χ3n) is 3.16. The van der Waals surface area contributed by atoms with Crippen molar-refractivity contribution in [1.82, 2.24) is 9.36 Å². The molecular formula is C15H20ClN3S. The van der Waals surface area contributed by atoms with E-state index in [1.165, 1.54) is 11.5 Å². The molecule has 1 N–H and O–H groups in total. The second-order valence-corrected chi connectivity index (χ2v) is 7.15. The Balaban J connectivity index is 2.25. The Morgan fingerprint density at radius 1 is 1.15 bits per heavy atom. The first kappa shape index (κ1) is 15.3. The highest BCUT2D eigenvalue weighted by atomic mass is 35.5. The molecule has 5 heteroatoms. The van der Waals surface area contributed by atoms with E-state index in [2.05, 4.69) is 54.5 Å². The summed E-state index contributed by atoms with van der Waals surface area (Å²) in [7, 11) is 0. The fourth-order valence-corrected chi connectivity index (χ4v) is 2.91. The van der Waals surface area contributed by atoms with Gasteiger partial charge in [0.25, 0.3) is 0 Å². The number of alkyl halides is 1. The quantitative estimate of drug-likeness (QED) is 0.851. The van der Waals surface area contributed by atoms with E-state index in [1.807, 2.05) is 18.2 Å². The summed E-state index contributed by atoms with van der Waals surface area (Å²) < 4.78 is 4.42. The average Bonchev–Trinajstić information content (AvgIpc) is 2.88. The number of nitrogens with zero attached hydrogens (tertiary/aromatic N) is 2. The van der Waals surface area contributed by atoms with Crippen LogP contribution >= 0.6 is 23.1 Å². The van der Waals surface area contributed by atoms with E-state index in [4.69, 9.17) is 11.6 Å². The Labute approximate surface area is 129 Å². The van der Waals surface area contributed by atoms with Crippen LogP contribution in [0.1, 0.15) is 39.1 Å². The molecule has 0 aliphatic rings. The van der Waals surface area contributed by atoms with Crippen LogP contribution in [0.3, 0.4) is 0 Å². The molecule has 1 aromatic heterocycles. The normalized spacial score (nSPS) is 14.8. The summed E-state index contributed by atoms with van der Waals surface area (Å²) in [5.41, 5.74) is 0.750. The summed E-state index contributed by atoms with van der Waals surface area (Å²) in [5, 5.41) is 4.23. The number of anilines is 1. The van der Waals surface area contributed by atoms with Gasteiger partial charge < -0.3 is 5.32 Å². The van der Waals surface area contributed by atoms with Gasteiger partial charge in [-0.25, -0.2) is 4.98 Å². The second-order valence-electron chi connectivity index (χ2n) is 6.13. The molecule has 108 valence electrons. The lowest BCUT2D eigenvalue weighted by atomic mass is 9.94. The molecule has 0 amide bonds. The van der Waals surface area contributed by atoms with E-state index in [0.717, 1.165) is 16.5 Å². The Morgan fingerprint density at radius 3 is 2.30 bits per heavy atom. The van der Waals surface area contributed by atoms with Crippen LogP contribution < -0.4 is 5.32 Å². The molecule has 0 aliphatic carbocycles. The van der Waals surface area contributed by atoms with Crippen molar-refractivity contribution in [3.8, 4) is 0 Å². The van der Waals surface area contributed by atoms with Crippen molar-refractivity contribution < 1.29 is 0 Å². The zero-order valence-electron chi connectivity index (χ0n) is 12.3. The standard InChI is InChI=1S/C15H20ClN3S/c1-14(2,3)12-17-13(20-19-12)18-15(4,10-16)11-8-6-5-7-9-11/h5-9H,10H2,1-4H3,(H,17,18,19). The van der Waals surface area contributed by atoms with Gasteiger partial charge in [0.05, 0.1) is 5.54 Å². The highest BCUT2D eigenvalue weighted by molar-refractivity contribution is 7.09. The number of rotatable bonds is 4. The van der Waals surface area contributed by atoms with Crippen LogP contribution in [0.15, 0.2) is 30.3 Å². The summed E-state index contributed by atoms with van der Waals surface area (Å²) in [6.45, 7) is 8.40. The lowest BCUT2D eigenvalue weighted by Crippen LogP contribution is -2.33. The van der Waals surface area contributed by atoms with Crippen LogP contribution in [0.5, 0.6) is 0 Å². The van der Waals surface area contributed by atoms with Crippen LogP contribution in [-0.2, 0) is 11.0 Å².